The minimum atomic E-state index is -0.329. The second-order valence-electron chi connectivity index (χ2n) is 8.62. The molecule has 6 heteroatoms. The van der Waals surface area contributed by atoms with Crippen molar-refractivity contribution in [1.29, 1.82) is 0 Å². The van der Waals surface area contributed by atoms with E-state index in [1.165, 1.54) is 11.3 Å². The van der Waals surface area contributed by atoms with Crippen molar-refractivity contribution in [2.75, 3.05) is 25.2 Å². The number of methoxy groups -OCH3 is 1. The Bertz CT molecular complexity index is 939. The number of carbonyl (C=O) groups is 1. The van der Waals surface area contributed by atoms with Gasteiger partial charge < -0.3 is 14.4 Å². The van der Waals surface area contributed by atoms with Crippen LogP contribution in [0.3, 0.4) is 0 Å². The minimum absolute atomic E-state index is 0.139. The first kappa shape index (κ1) is 22.7. The average Bonchev–Trinajstić information content (AvgIpc) is 2.75. The van der Waals surface area contributed by atoms with Gasteiger partial charge >= 0.3 is 0 Å². The lowest BCUT2D eigenvalue weighted by Crippen LogP contribution is -2.48. The number of anilines is 1. The minimum Gasteiger partial charge on any atom is -0.493 e. The summed E-state index contributed by atoms with van der Waals surface area (Å²) in [7, 11) is 1.56. The zero-order chi connectivity index (χ0) is 22.4. The molecule has 2 aromatic carbocycles. The highest BCUT2D eigenvalue weighted by molar-refractivity contribution is 5.84. The molecule has 1 N–H and O–H groups in total. The maximum absolute atomic E-state index is 12.1. The van der Waals surface area contributed by atoms with Gasteiger partial charge in [0.25, 0.3) is 5.91 Å². The number of nitrogens with one attached hydrogen (secondary N) is 1. The number of hydrazone groups is 1. The number of hydrogen-bond acceptors (Lipinski definition) is 5. The van der Waals surface area contributed by atoms with Crippen LogP contribution in [0.25, 0.3) is 0 Å². The van der Waals surface area contributed by atoms with Crippen LogP contribution in [0.1, 0.15) is 57.6 Å². The van der Waals surface area contributed by atoms with E-state index in [1.54, 1.807) is 25.5 Å². The second-order valence-corrected chi connectivity index (χ2v) is 8.62. The van der Waals surface area contributed by atoms with E-state index in [9.17, 15) is 4.79 Å². The Morgan fingerprint density at radius 1 is 1.26 bits per heavy atom. The van der Waals surface area contributed by atoms with E-state index in [0.717, 1.165) is 24.9 Å². The fourth-order valence-corrected chi connectivity index (χ4v) is 4.33. The number of benzene rings is 2. The molecule has 0 fully saturated rings. The highest BCUT2D eigenvalue weighted by atomic mass is 16.5. The Labute approximate surface area is 185 Å². The number of para-hydroxylation sites is 2. The molecule has 0 radical (unpaired) electrons. The molecule has 2 aromatic rings. The van der Waals surface area contributed by atoms with Crippen molar-refractivity contribution in [1.82, 2.24) is 5.43 Å². The highest BCUT2D eigenvalue weighted by Crippen LogP contribution is 2.43. The van der Waals surface area contributed by atoms with Gasteiger partial charge in [0.15, 0.2) is 18.1 Å². The van der Waals surface area contributed by atoms with Gasteiger partial charge in [-0.25, -0.2) is 5.43 Å². The molecule has 1 atom stereocenters. The van der Waals surface area contributed by atoms with Crippen molar-refractivity contribution in [3.05, 3.63) is 53.6 Å². The van der Waals surface area contributed by atoms with E-state index in [1.807, 2.05) is 12.1 Å². The molecule has 0 aliphatic carbocycles. The van der Waals surface area contributed by atoms with Crippen molar-refractivity contribution in [3.63, 3.8) is 0 Å². The van der Waals surface area contributed by atoms with Crippen molar-refractivity contribution in [3.8, 4) is 11.5 Å². The molecule has 1 amide bonds. The number of ether oxygens (including phenoxy) is 2. The standard InChI is InChI=1S/C25H33N3O3/c1-6-13-28-21-12-11-19(14-20(21)18(2)15-25(28,3)4)16-26-27-24(29)17-31-23-10-8-7-9-22(23)30-5/h7-12,14,16,18H,6,13,15,17H2,1-5H3,(H,27,29)/b26-16+. The van der Waals surface area contributed by atoms with Crippen LogP contribution in [0, 0.1) is 0 Å². The van der Waals surface area contributed by atoms with Crippen LogP contribution in [0.4, 0.5) is 5.69 Å². The fraction of sp³-hybridized carbons (Fsp3) is 0.440. The topological polar surface area (TPSA) is 63.2 Å². The second kappa shape index (κ2) is 9.86. The molecule has 1 heterocycles. The third kappa shape index (κ3) is 5.37. The first-order chi connectivity index (χ1) is 14.9. The monoisotopic (exact) mass is 423 g/mol. The van der Waals surface area contributed by atoms with Crippen molar-refractivity contribution in [2.24, 2.45) is 5.10 Å². The third-order valence-corrected chi connectivity index (χ3v) is 5.69. The normalized spacial score (nSPS) is 17.3. The highest BCUT2D eigenvalue weighted by Gasteiger charge is 2.35. The number of rotatable bonds is 8. The van der Waals surface area contributed by atoms with Crippen LogP contribution in [0.15, 0.2) is 47.6 Å². The Morgan fingerprint density at radius 3 is 2.71 bits per heavy atom. The Hall–Kier alpha value is -3.02. The SMILES string of the molecule is CCCN1c2ccc(/C=N/NC(=O)COc3ccccc3OC)cc2C(C)CC1(C)C. The summed E-state index contributed by atoms with van der Waals surface area (Å²) >= 11 is 0. The predicted octanol–water partition coefficient (Wildman–Crippen LogP) is 4.73. The van der Waals surface area contributed by atoms with E-state index in [-0.39, 0.29) is 18.1 Å². The van der Waals surface area contributed by atoms with Gasteiger partial charge in [0, 0.05) is 17.8 Å². The van der Waals surface area contributed by atoms with Crippen LogP contribution in [0.5, 0.6) is 11.5 Å². The number of nitrogens with zero attached hydrogens (tertiary/aromatic N) is 2. The van der Waals surface area contributed by atoms with Crippen molar-refractivity contribution < 1.29 is 14.3 Å². The summed E-state index contributed by atoms with van der Waals surface area (Å²) < 4.78 is 10.7. The molecule has 0 saturated carbocycles. The van der Waals surface area contributed by atoms with Gasteiger partial charge in [0.05, 0.1) is 13.3 Å². The van der Waals surface area contributed by atoms with Gasteiger partial charge in [0.1, 0.15) is 0 Å². The number of carbonyl (C=O) groups excluding carboxylic acids is 1. The summed E-state index contributed by atoms with van der Waals surface area (Å²) in [6.07, 6.45) is 3.90. The summed E-state index contributed by atoms with van der Waals surface area (Å²) in [5, 5.41) is 4.10. The average molecular weight is 424 g/mol. The molecule has 31 heavy (non-hydrogen) atoms. The molecule has 0 spiro atoms. The first-order valence-corrected chi connectivity index (χ1v) is 10.8. The van der Waals surface area contributed by atoms with Gasteiger partial charge in [-0.1, -0.05) is 32.0 Å². The molecule has 0 saturated heterocycles. The smallest absolute Gasteiger partial charge is 0.277 e. The largest absolute Gasteiger partial charge is 0.493 e. The molecule has 3 rings (SSSR count). The van der Waals surface area contributed by atoms with Crippen LogP contribution in [0.2, 0.25) is 0 Å². The van der Waals surface area contributed by atoms with Crippen LogP contribution >= 0.6 is 0 Å². The van der Waals surface area contributed by atoms with Gasteiger partial charge in [-0.05, 0) is 68.0 Å². The zero-order valence-corrected chi connectivity index (χ0v) is 19.1. The number of hydrogen-bond donors (Lipinski definition) is 1. The van der Waals surface area contributed by atoms with E-state index >= 15 is 0 Å². The molecule has 6 nitrogen and oxygen atoms in total. The van der Waals surface area contributed by atoms with Crippen molar-refractivity contribution in [2.45, 2.75) is 52.0 Å². The lowest BCUT2D eigenvalue weighted by atomic mass is 9.79. The summed E-state index contributed by atoms with van der Waals surface area (Å²) in [6.45, 7) is 10.0. The maximum atomic E-state index is 12.1. The molecule has 0 aromatic heterocycles. The number of amides is 1. The Balaban J connectivity index is 1.63. The van der Waals surface area contributed by atoms with E-state index < -0.39 is 0 Å². The van der Waals surface area contributed by atoms with Crippen LogP contribution in [-0.2, 0) is 4.79 Å². The van der Waals surface area contributed by atoms with Gasteiger partial charge in [-0.3, -0.25) is 4.79 Å². The van der Waals surface area contributed by atoms with Gasteiger partial charge in [-0.2, -0.15) is 5.10 Å². The Morgan fingerprint density at radius 2 is 2.00 bits per heavy atom. The molecular weight excluding hydrogens is 390 g/mol. The summed E-state index contributed by atoms with van der Waals surface area (Å²) in [5.41, 5.74) is 6.28. The molecule has 1 unspecified atom stereocenters. The maximum Gasteiger partial charge on any atom is 0.277 e. The molecule has 1 aliphatic rings. The lowest BCUT2D eigenvalue weighted by molar-refractivity contribution is -0.123. The summed E-state index contributed by atoms with van der Waals surface area (Å²) in [4.78, 5) is 14.6. The Kier molecular flexibility index (Phi) is 7.21. The van der Waals surface area contributed by atoms with Crippen LogP contribution < -0.4 is 19.8 Å². The predicted molar refractivity (Wildman–Crippen MR) is 125 cm³/mol. The molecule has 166 valence electrons. The van der Waals surface area contributed by atoms with Gasteiger partial charge in [-0.15, -0.1) is 0 Å². The zero-order valence-electron chi connectivity index (χ0n) is 19.1. The van der Waals surface area contributed by atoms with E-state index in [0.29, 0.717) is 17.4 Å². The summed E-state index contributed by atoms with van der Waals surface area (Å²) in [6, 6.07) is 13.6. The summed E-state index contributed by atoms with van der Waals surface area (Å²) in [5.74, 6) is 1.24. The van der Waals surface area contributed by atoms with E-state index in [2.05, 4.69) is 61.3 Å². The third-order valence-electron chi connectivity index (χ3n) is 5.69. The van der Waals surface area contributed by atoms with Gasteiger partial charge in [0.2, 0.25) is 0 Å². The van der Waals surface area contributed by atoms with Crippen molar-refractivity contribution >= 4 is 17.8 Å². The lowest BCUT2D eigenvalue weighted by Gasteiger charge is -2.47. The molecular formula is C25H33N3O3. The molecule has 1 aliphatic heterocycles. The van der Waals surface area contributed by atoms with Crippen LogP contribution in [-0.4, -0.2) is 37.9 Å². The quantitative estimate of drug-likeness (QED) is 0.493. The van der Waals surface area contributed by atoms with E-state index in [4.69, 9.17) is 9.47 Å². The fourth-order valence-electron chi connectivity index (χ4n) is 4.33. The number of fused-ring (bicyclic) bond motifs is 1. The molecule has 0 bridgehead atoms. The first-order valence-electron chi connectivity index (χ1n) is 10.8.